The van der Waals surface area contributed by atoms with Crippen molar-refractivity contribution in [3.8, 4) is 22.3 Å². The summed E-state index contributed by atoms with van der Waals surface area (Å²) in [5.41, 5.74) is -1.37. The molecule has 2 aromatic carbocycles. The Labute approximate surface area is 195 Å². The predicted molar refractivity (Wildman–Crippen MR) is 117 cm³/mol. The Hall–Kier alpha value is -3.44. The minimum atomic E-state index is -5.14. The van der Waals surface area contributed by atoms with Crippen LogP contribution in [0.3, 0.4) is 0 Å². The molecule has 0 aliphatic rings. The average molecular weight is 512 g/mol. The second-order valence-electron chi connectivity index (χ2n) is 7.16. The number of pyridine rings is 1. The number of alkyl halides is 4. The molecule has 2 heterocycles. The summed E-state index contributed by atoms with van der Waals surface area (Å²) in [6.07, 6.45) is -2.21. The van der Waals surface area contributed by atoms with Gasteiger partial charge in [0.15, 0.2) is 0 Å². The van der Waals surface area contributed by atoms with Gasteiger partial charge in [0.1, 0.15) is 16.6 Å². The van der Waals surface area contributed by atoms with Gasteiger partial charge in [-0.2, -0.15) is 18.3 Å². The summed E-state index contributed by atoms with van der Waals surface area (Å²) >= 11 is 5.34. The lowest BCUT2D eigenvalue weighted by Gasteiger charge is -2.19. The molecule has 6 nitrogen and oxygen atoms in total. The zero-order valence-electron chi connectivity index (χ0n) is 17.0. The number of sulfonamides is 1. The third kappa shape index (κ3) is 4.48. The van der Waals surface area contributed by atoms with E-state index in [-0.39, 0.29) is 16.7 Å². The van der Waals surface area contributed by atoms with Gasteiger partial charge in [0.05, 0.1) is 17.3 Å². The normalized spacial score (nSPS) is 12.1. The summed E-state index contributed by atoms with van der Waals surface area (Å²) in [4.78, 5) is 10.5. The fraction of sp³-hybridized carbons (Fsp3) is 0.0909. The van der Waals surface area contributed by atoms with Crippen LogP contribution >= 0.6 is 11.6 Å². The largest absolute Gasteiger partial charge is 0.417 e. The topological polar surface area (TPSA) is 80.5 Å². The minimum Gasteiger partial charge on any atom is -0.273 e. The van der Waals surface area contributed by atoms with Crippen LogP contribution in [-0.2, 0) is 21.0 Å². The summed E-state index contributed by atoms with van der Waals surface area (Å²) in [5, 5.41) is 4.11. The Morgan fingerprint density at radius 1 is 1.03 bits per heavy atom. The first-order chi connectivity index (χ1) is 16.0. The van der Waals surface area contributed by atoms with Crippen LogP contribution in [0.15, 0.2) is 71.9 Å². The lowest BCUT2D eigenvalue weighted by atomic mass is 9.96. The first kappa shape index (κ1) is 23.7. The van der Waals surface area contributed by atoms with Crippen molar-refractivity contribution < 1.29 is 30.8 Å². The Morgan fingerprint density at radius 2 is 1.79 bits per heavy atom. The molecule has 2 aromatic heterocycles. The first-order valence-electron chi connectivity index (χ1n) is 9.57. The Bertz CT molecular complexity index is 1520. The zero-order chi connectivity index (χ0) is 24.7. The standard InChI is InChI=1S/C22H14ClF4N3O3S/c23-11-20(31)29-34(32,33)21-16(13-4-3-5-15(24)8-13)9-14(10-18(21)22(25,26)27)17-12-28-30-7-2-1-6-19(17)30/h1-10,12H,11H2,(H,29,31). The maximum absolute atomic E-state index is 14.2. The number of rotatable bonds is 5. The predicted octanol–water partition coefficient (Wildman–Crippen LogP) is 4.87. The Balaban J connectivity index is 2.11. The maximum Gasteiger partial charge on any atom is 0.417 e. The van der Waals surface area contributed by atoms with Crippen LogP contribution in [0.2, 0.25) is 0 Å². The lowest BCUT2D eigenvalue weighted by Crippen LogP contribution is -2.33. The molecule has 0 saturated heterocycles. The van der Waals surface area contributed by atoms with Crippen LogP contribution in [0.4, 0.5) is 17.6 Å². The fourth-order valence-corrected chi connectivity index (χ4v) is 5.09. The number of carbonyl (C=O) groups is 1. The lowest BCUT2D eigenvalue weighted by molar-refractivity contribution is -0.139. The molecular weight excluding hydrogens is 498 g/mol. The number of aromatic nitrogens is 2. The summed E-state index contributed by atoms with van der Waals surface area (Å²) < 4.78 is 85.5. The molecule has 0 aliphatic heterocycles. The zero-order valence-corrected chi connectivity index (χ0v) is 18.5. The maximum atomic E-state index is 14.2. The van der Waals surface area contributed by atoms with Crippen LogP contribution in [-0.4, -0.2) is 29.8 Å². The number of hydrogen-bond donors (Lipinski definition) is 1. The van der Waals surface area contributed by atoms with Crippen LogP contribution in [0.1, 0.15) is 5.56 Å². The van der Waals surface area contributed by atoms with Crippen molar-refractivity contribution in [2.45, 2.75) is 11.1 Å². The highest BCUT2D eigenvalue weighted by Gasteiger charge is 2.40. The van der Waals surface area contributed by atoms with Gasteiger partial charge in [-0.25, -0.2) is 22.0 Å². The average Bonchev–Trinajstić information content (AvgIpc) is 3.21. The molecule has 0 saturated carbocycles. The smallest absolute Gasteiger partial charge is 0.273 e. The van der Waals surface area contributed by atoms with Crippen molar-refractivity contribution in [3.63, 3.8) is 0 Å². The summed E-state index contributed by atoms with van der Waals surface area (Å²) in [7, 11) is -5.05. The van der Waals surface area contributed by atoms with E-state index < -0.39 is 49.8 Å². The number of nitrogens with one attached hydrogen (secondary N) is 1. The van der Waals surface area contributed by atoms with E-state index in [2.05, 4.69) is 5.10 Å². The van der Waals surface area contributed by atoms with Crippen LogP contribution in [0.25, 0.3) is 27.8 Å². The summed E-state index contributed by atoms with van der Waals surface area (Å²) in [5.74, 6) is -2.80. The van der Waals surface area contributed by atoms with E-state index >= 15 is 0 Å². The van der Waals surface area contributed by atoms with Gasteiger partial charge in [-0.3, -0.25) is 4.79 Å². The van der Waals surface area contributed by atoms with Crippen molar-refractivity contribution in [1.82, 2.24) is 14.3 Å². The molecule has 0 aliphatic carbocycles. The molecule has 12 heteroatoms. The third-order valence-corrected chi connectivity index (χ3v) is 6.62. The van der Waals surface area contributed by atoms with Gasteiger partial charge in [-0.1, -0.05) is 18.2 Å². The minimum absolute atomic E-state index is 0.00425. The van der Waals surface area contributed by atoms with Crippen molar-refractivity contribution in [2.75, 3.05) is 5.88 Å². The van der Waals surface area contributed by atoms with Crippen LogP contribution in [0.5, 0.6) is 0 Å². The molecule has 4 aromatic rings. The molecule has 1 N–H and O–H groups in total. The van der Waals surface area contributed by atoms with Crippen molar-refractivity contribution in [3.05, 3.63) is 78.4 Å². The Morgan fingerprint density at radius 3 is 2.47 bits per heavy atom. The number of amides is 1. The molecular formula is C22H14ClF4N3O3S. The number of halogens is 5. The van der Waals surface area contributed by atoms with Gasteiger partial charge >= 0.3 is 6.18 Å². The van der Waals surface area contributed by atoms with E-state index in [1.165, 1.54) is 33.6 Å². The van der Waals surface area contributed by atoms with Crippen molar-refractivity contribution in [2.24, 2.45) is 0 Å². The molecule has 0 radical (unpaired) electrons. The second kappa shape index (κ2) is 8.73. The summed E-state index contributed by atoms with van der Waals surface area (Å²) in [6.45, 7) is 0. The van der Waals surface area contributed by atoms with Crippen LogP contribution < -0.4 is 4.72 Å². The highest BCUT2D eigenvalue weighted by molar-refractivity contribution is 7.90. The van der Waals surface area contributed by atoms with Gasteiger partial charge in [-0.15, -0.1) is 11.6 Å². The van der Waals surface area contributed by atoms with E-state index in [0.29, 0.717) is 11.6 Å². The molecule has 0 unspecified atom stereocenters. The van der Waals surface area contributed by atoms with E-state index in [1.54, 1.807) is 24.4 Å². The molecule has 34 heavy (non-hydrogen) atoms. The SMILES string of the molecule is O=C(CCl)NS(=O)(=O)c1c(-c2cccc(F)c2)cc(-c2cnn3ccccc23)cc1C(F)(F)F. The molecule has 0 bridgehead atoms. The van der Waals surface area contributed by atoms with E-state index in [1.807, 2.05) is 0 Å². The second-order valence-corrected chi connectivity index (χ2v) is 9.05. The molecule has 176 valence electrons. The quantitative estimate of drug-likeness (QED) is 0.306. The van der Waals surface area contributed by atoms with Gasteiger partial charge in [0, 0.05) is 17.3 Å². The van der Waals surface area contributed by atoms with E-state index in [0.717, 1.165) is 12.1 Å². The molecule has 0 spiro atoms. The molecule has 4 rings (SSSR count). The van der Waals surface area contributed by atoms with Gasteiger partial charge in [0.2, 0.25) is 5.91 Å². The van der Waals surface area contributed by atoms with Gasteiger partial charge in [-0.05, 0) is 47.5 Å². The highest BCUT2D eigenvalue weighted by atomic mass is 35.5. The highest BCUT2D eigenvalue weighted by Crippen LogP contribution is 2.43. The monoisotopic (exact) mass is 511 g/mol. The van der Waals surface area contributed by atoms with E-state index in [4.69, 9.17) is 11.6 Å². The number of hydrogen-bond acceptors (Lipinski definition) is 4. The van der Waals surface area contributed by atoms with Crippen molar-refractivity contribution in [1.29, 1.82) is 0 Å². The van der Waals surface area contributed by atoms with Crippen molar-refractivity contribution >= 4 is 33.0 Å². The third-order valence-electron chi connectivity index (χ3n) is 4.91. The first-order valence-corrected chi connectivity index (χ1v) is 11.6. The van der Waals surface area contributed by atoms with E-state index in [9.17, 15) is 30.8 Å². The van der Waals surface area contributed by atoms with Gasteiger partial charge in [0.25, 0.3) is 10.0 Å². The molecule has 1 amide bonds. The number of carbonyl (C=O) groups excluding carboxylic acids is 1. The molecule has 0 atom stereocenters. The molecule has 0 fully saturated rings. The number of fused-ring (bicyclic) bond motifs is 1. The van der Waals surface area contributed by atoms with Crippen LogP contribution in [0, 0.1) is 5.82 Å². The number of nitrogens with zero attached hydrogens (tertiary/aromatic N) is 2. The Kier molecular flexibility index (Phi) is 6.09. The summed E-state index contributed by atoms with van der Waals surface area (Å²) in [6, 6.07) is 11.3. The van der Waals surface area contributed by atoms with Gasteiger partial charge < -0.3 is 0 Å². The number of benzene rings is 2. The fourth-order valence-electron chi connectivity index (χ4n) is 3.54.